The molecule has 1 fully saturated rings. The number of nitrogens with one attached hydrogen (secondary N) is 1. The van der Waals surface area contributed by atoms with Crippen molar-refractivity contribution in [3.05, 3.63) is 29.8 Å². The van der Waals surface area contributed by atoms with E-state index in [1.165, 1.54) is 54.9 Å². The highest BCUT2D eigenvalue weighted by molar-refractivity contribution is 7.99. The predicted octanol–water partition coefficient (Wildman–Crippen LogP) is 4.39. The summed E-state index contributed by atoms with van der Waals surface area (Å²) >= 11 is 2.01. The van der Waals surface area contributed by atoms with Gasteiger partial charge in [-0.2, -0.15) is 0 Å². The molecule has 0 saturated heterocycles. The van der Waals surface area contributed by atoms with Gasteiger partial charge in [-0.25, -0.2) is 0 Å². The Morgan fingerprint density at radius 2 is 2.17 bits per heavy atom. The smallest absolute Gasteiger partial charge is 0.0339 e. The lowest BCUT2D eigenvalue weighted by Crippen LogP contribution is -2.41. The molecular formula is C16H23NS. The Morgan fingerprint density at radius 1 is 1.33 bits per heavy atom. The third kappa shape index (κ3) is 2.33. The zero-order valence-corrected chi connectivity index (χ0v) is 12.1. The molecule has 18 heavy (non-hydrogen) atoms. The van der Waals surface area contributed by atoms with Crippen molar-refractivity contribution in [3.63, 3.8) is 0 Å². The second-order valence-electron chi connectivity index (χ2n) is 5.82. The van der Waals surface area contributed by atoms with Gasteiger partial charge in [0.1, 0.15) is 0 Å². The van der Waals surface area contributed by atoms with Crippen LogP contribution in [0.3, 0.4) is 0 Å². The molecule has 0 bridgehead atoms. The monoisotopic (exact) mass is 261 g/mol. The predicted molar refractivity (Wildman–Crippen MR) is 79.1 cm³/mol. The minimum absolute atomic E-state index is 0.589. The van der Waals surface area contributed by atoms with Crippen LogP contribution in [0.1, 0.15) is 50.6 Å². The molecule has 1 nitrogen and oxygen atoms in total. The molecule has 1 aliphatic carbocycles. The molecule has 1 saturated carbocycles. The van der Waals surface area contributed by atoms with Gasteiger partial charge in [0.15, 0.2) is 0 Å². The second kappa shape index (κ2) is 5.26. The highest BCUT2D eigenvalue weighted by Gasteiger charge is 2.35. The second-order valence-corrected chi connectivity index (χ2v) is 6.95. The van der Waals surface area contributed by atoms with E-state index in [-0.39, 0.29) is 0 Å². The molecule has 0 amide bonds. The Labute approximate surface area is 115 Å². The van der Waals surface area contributed by atoms with Gasteiger partial charge in [-0.15, -0.1) is 11.8 Å². The summed E-state index contributed by atoms with van der Waals surface area (Å²) in [6.45, 7) is 3.57. The fourth-order valence-corrected chi connectivity index (χ4v) is 4.35. The summed E-state index contributed by atoms with van der Waals surface area (Å²) in [6.07, 6.45) is 6.91. The minimum Gasteiger partial charge on any atom is -0.309 e. The standard InChI is InChI=1S/C16H23NS/c1-2-16(9-5-10-16)12-17-14-8-11-18-15-7-4-3-6-13(14)15/h3-4,6-7,14,17H,2,5,8-12H2,1H3. The molecule has 98 valence electrons. The summed E-state index contributed by atoms with van der Waals surface area (Å²) in [5, 5.41) is 3.86. The van der Waals surface area contributed by atoms with E-state index >= 15 is 0 Å². The topological polar surface area (TPSA) is 12.0 Å². The Hall–Kier alpha value is -0.470. The first-order valence-electron chi connectivity index (χ1n) is 7.28. The Bertz CT molecular complexity index is 406. The van der Waals surface area contributed by atoms with Gasteiger partial charge in [-0.05, 0) is 48.5 Å². The van der Waals surface area contributed by atoms with Crippen LogP contribution >= 0.6 is 11.8 Å². The molecule has 1 atom stereocenters. The first-order valence-corrected chi connectivity index (χ1v) is 8.27. The van der Waals surface area contributed by atoms with Crippen LogP contribution in [0.5, 0.6) is 0 Å². The average Bonchev–Trinajstić information content (AvgIpc) is 2.38. The summed E-state index contributed by atoms with van der Waals surface area (Å²) in [5.41, 5.74) is 2.15. The Balaban J connectivity index is 1.67. The fourth-order valence-electron chi connectivity index (χ4n) is 3.23. The number of benzene rings is 1. The van der Waals surface area contributed by atoms with Crippen LogP contribution in [0.25, 0.3) is 0 Å². The lowest BCUT2D eigenvalue weighted by atomic mass is 9.67. The summed E-state index contributed by atoms with van der Waals surface area (Å²) < 4.78 is 0. The summed E-state index contributed by atoms with van der Waals surface area (Å²) in [4.78, 5) is 1.49. The zero-order chi connectivity index (χ0) is 12.4. The number of fused-ring (bicyclic) bond motifs is 1. The number of hydrogen-bond acceptors (Lipinski definition) is 2. The van der Waals surface area contributed by atoms with Crippen molar-refractivity contribution < 1.29 is 0 Å². The van der Waals surface area contributed by atoms with Crippen LogP contribution in [0.2, 0.25) is 0 Å². The van der Waals surface area contributed by atoms with E-state index in [1.54, 1.807) is 0 Å². The number of thioether (sulfide) groups is 1. The molecule has 1 unspecified atom stereocenters. The fraction of sp³-hybridized carbons (Fsp3) is 0.625. The molecule has 0 aromatic heterocycles. The van der Waals surface area contributed by atoms with Crippen molar-refractivity contribution in [1.82, 2.24) is 5.32 Å². The normalized spacial score (nSPS) is 25.3. The maximum Gasteiger partial charge on any atom is 0.0339 e. The molecule has 2 aliphatic rings. The minimum atomic E-state index is 0.589. The zero-order valence-electron chi connectivity index (χ0n) is 11.2. The number of hydrogen-bond donors (Lipinski definition) is 1. The van der Waals surface area contributed by atoms with Crippen molar-refractivity contribution >= 4 is 11.8 Å². The van der Waals surface area contributed by atoms with Crippen molar-refractivity contribution in [2.75, 3.05) is 12.3 Å². The molecule has 1 heterocycles. The van der Waals surface area contributed by atoms with E-state index in [0.29, 0.717) is 11.5 Å². The third-order valence-corrected chi connectivity index (χ3v) is 5.97. The van der Waals surface area contributed by atoms with E-state index < -0.39 is 0 Å². The molecule has 1 N–H and O–H groups in total. The van der Waals surface area contributed by atoms with Crippen molar-refractivity contribution in [3.8, 4) is 0 Å². The lowest BCUT2D eigenvalue weighted by Gasteiger charge is -2.43. The Kier molecular flexibility index (Phi) is 3.67. The van der Waals surface area contributed by atoms with E-state index in [0.717, 1.165) is 0 Å². The molecule has 1 aliphatic heterocycles. The summed E-state index contributed by atoms with van der Waals surface area (Å²) in [6, 6.07) is 9.50. The van der Waals surface area contributed by atoms with Gasteiger partial charge in [0.2, 0.25) is 0 Å². The van der Waals surface area contributed by atoms with Crippen LogP contribution in [0.4, 0.5) is 0 Å². The van der Waals surface area contributed by atoms with Crippen LogP contribution in [0, 0.1) is 5.41 Å². The lowest BCUT2D eigenvalue weighted by molar-refractivity contribution is 0.118. The van der Waals surface area contributed by atoms with Gasteiger partial charge < -0.3 is 5.32 Å². The highest BCUT2D eigenvalue weighted by Crippen LogP contribution is 2.44. The van der Waals surface area contributed by atoms with Crippen molar-refractivity contribution in [1.29, 1.82) is 0 Å². The van der Waals surface area contributed by atoms with Crippen LogP contribution in [0.15, 0.2) is 29.2 Å². The highest BCUT2D eigenvalue weighted by atomic mass is 32.2. The van der Waals surface area contributed by atoms with Gasteiger partial charge in [0, 0.05) is 17.5 Å². The maximum atomic E-state index is 3.86. The van der Waals surface area contributed by atoms with Crippen molar-refractivity contribution in [2.24, 2.45) is 5.41 Å². The largest absolute Gasteiger partial charge is 0.309 e. The van der Waals surface area contributed by atoms with Crippen LogP contribution < -0.4 is 5.32 Å². The van der Waals surface area contributed by atoms with Gasteiger partial charge in [0.25, 0.3) is 0 Å². The van der Waals surface area contributed by atoms with Crippen molar-refractivity contribution in [2.45, 2.75) is 50.0 Å². The van der Waals surface area contributed by atoms with E-state index in [4.69, 9.17) is 0 Å². The molecule has 0 spiro atoms. The molecule has 2 heteroatoms. The molecule has 1 aromatic rings. The molecular weight excluding hydrogens is 238 g/mol. The third-order valence-electron chi connectivity index (χ3n) is 4.85. The van der Waals surface area contributed by atoms with E-state index in [9.17, 15) is 0 Å². The molecule has 0 radical (unpaired) electrons. The van der Waals surface area contributed by atoms with E-state index in [2.05, 4.69) is 36.5 Å². The average molecular weight is 261 g/mol. The molecule has 1 aromatic carbocycles. The summed E-state index contributed by atoms with van der Waals surface area (Å²) in [7, 11) is 0. The van der Waals surface area contributed by atoms with Gasteiger partial charge in [-0.1, -0.05) is 31.5 Å². The molecule has 3 rings (SSSR count). The summed E-state index contributed by atoms with van der Waals surface area (Å²) in [5.74, 6) is 1.26. The quantitative estimate of drug-likeness (QED) is 0.862. The first kappa shape index (κ1) is 12.6. The Morgan fingerprint density at radius 3 is 2.89 bits per heavy atom. The number of rotatable bonds is 4. The van der Waals surface area contributed by atoms with E-state index in [1.807, 2.05) is 11.8 Å². The first-order chi connectivity index (χ1) is 8.83. The van der Waals surface area contributed by atoms with Gasteiger partial charge >= 0.3 is 0 Å². The maximum absolute atomic E-state index is 3.86. The van der Waals surface area contributed by atoms with Gasteiger partial charge in [0.05, 0.1) is 0 Å². The van der Waals surface area contributed by atoms with Crippen LogP contribution in [-0.4, -0.2) is 12.3 Å². The SMILES string of the molecule is CCC1(CNC2CCSc3ccccc32)CCC1. The van der Waals surface area contributed by atoms with Crippen LogP contribution in [-0.2, 0) is 0 Å². The van der Waals surface area contributed by atoms with Gasteiger partial charge in [-0.3, -0.25) is 0 Å².